The smallest absolute Gasteiger partial charge is 0.237 e. The lowest BCUT2D eigenvalue weighted by atomic mass is 10.0. The summed E-state index contributed by atoms with van der Waals surface area (Å²) in [6, 6.07) is 0. The maximum Gasteiger partial charge on any atom is 0.237 e. The predicted octanol–water partition coefficient (Wildman–Crippen LogP) is -0.200. The molecule has 0 aromatic carbocycles. The van der Waals surface area contributed by atoms with E-state index in [1.165, 1.54) is 6.08 Å². The molecule has 0 atom stereocenters. The maximum atomic E-state index is 12.2. The molecule has 2 aliphatic heterocycles. The van der Waals surface area contributed by atoms with E-state index in [9.17, 15) is 13.2 Å². The number of sulfonamides is 1. The first kappa shape index (κ1) is 16.4. The molecular weight excluding hydrogens is 296 g/mol. The van der Waals surface area contributed by atoms with Crippen LogP contribution in [0.2, 0.25) is 0 Å². The lowest BCUT2D eigenvalue weighted by Crippen LogP contribution is -2.50. The van der Waals surface area contributed by atoms with Gasteiger partial charge in [-0.05, 0) is 0 Å². The molecule has 0 N–H and O–H groups in total. The van der Waals surface area contributed by atoms with Crippen LogP contribution in [0.5, 0.6) is 0 Å². The second-order valence-electron chi connectivity index (χ2n) is 5.33. The molecular formula is C13H22N2O5S. The van der Waals surface area contributed by atoms with E-state index in [4.69, 9.17) is 9.47 Å². The molecule has 2 aliphatic rings. The molecule has 0 aromatic heterocycles. The molecule has 0 radical (unpaired) electrons. The Morgan fingerprint density at radius 3 is 2.38 bits per heavy atom. The van der Waals surface area contributed by atoms with E-state index in [0.717, 1.165) is 10.6 Å². The highest BCUT2D eigenvalue weighted by Crippen LogP contribution is 2.31. The van der Waals surface area contributed by atoms with Gasteiger partial charge in [0.05, 0.1) is 26.0 Å². The minimum Gasteiger partial charge on any atom is -0.347 e. The topological polar surface area (TPSA) is 76.2 Å². The SMILES string of the molecule is C=CCN(CC(=O)N1CCC2(CC1)OCCO2)S(C)(=O)=O. The lowest BCUT2D eigenvalue weighted by molar-refractivity contribution is -0.187. The number of nitrogens with zero attached hydrogens (tertiary/aromatic N) is 2. The Balaban J connectivity index is 1.90. The van der Waals surface area contributed by atoms with Crippen molar-refractivity contribution in [3.05, 3.63) is 12.7 Å². The summed E-state index contributed by atoms with van der Waals surface area (Å²) in [5, 5.41) is 0. The summed E-state index contributed by atoms with van der Waals surface area (Å²) in [4.78, 5) is 13.9. The van der Waals surface area contributed by atoms with Gasteiger partial charge in [0.1, 0.15) is 0 Å². The number of piperidine rings is 1. The number of hydrogen-bond acceptors (Lipinski definition) is 5. The van der Waals surface area contributed by atoms with Crippen molar-refractivity contribution in [2.24, 2.45) is 0 Å². The van der Waals surface area contributed by atoms with Gasteiger partial charge in [-0.3, -0.25) is 4.79 Å². The Morgan fingerprint density at radius 1 is 1.33 bits per heavy atom. The number of rotatable bonds is 5. The summed E-state index contributed by atoms with van der Waals surface area (Å²) < 4.78 is 35.5. The summed E-state index contributed by atoms with van der Waals surface area (Å²) in [7, 11) is -3.42. The third kappa shape index (κ3) is 4.03. The maximum absolute atomic E-state index is 12.2. The highest BCUT2D eigenvalue weighted by atomic mass is 32.2. The fraction of sp³-hybridized carbons (Fsp3) is 0.769. The Bertz CT molecular complexity index is 489. The molecule has 0 aliphatic carbocycles. The Morgan fingerprint density at radius 2 is 1.90 bits per heavy atom. The normalized spacial score (nSPS) is 21.9. The van der Waals surface area contributed by atoms with Crippen LogP contribution in [-0.4, -0.2) is 75.0 Å². The average molecular weight is 318 g/mol. The fourth-order valence-corrected chi connectivity index (χ4v) is 3.32. The molecule has 8 heteroatoms. The van der Waals surface area contributed by atoms with Crippen molar-refractivity contribution in [3.8, 4) is 0 Å². The van der Waals surface area contributed by atoms with Crippen LogP contribution in [0.25, 0.3) is 0 Å². The van der Waals surface area contributed by atoms with Crippen LogP contribution in [-0.2, 0) is 24.3 Å². The summed E-state index contributed by atoms with van der Waals surface area (Å²) >= 11 is 0. The van der Waals surface area contributed by atoms with Gasteiger partial charge >= 0.3 is 0 Å². The van der Waals surface area contributed by atoms with Crippen molar-refractivity contribution >= 4 is 15.9 Å². The largest absolute Gasteiger partial charge is 0.347 e. The summed E-state index contributed by atoms with van der Waals surface area (Å²) in [6.45, 7) is 5.72. The van der Waals surface area contributed by atoms with E-state index in [-0.39, 0.29) is 19.0 Å². The molecule has 2 rings (SSSR count). The van der Waals surface area contributed by atoms with E-state index < -0.39 is 15.8 Å². The highest BCUT2D eigenvalue weighted by molar-refractivity contribution is 7.88. The van der Waals surface area contributed by atoms with Crippen LogP contribution in [0, 0.1) is 0 Å². The van der Waals surface area contributed by atoms with E-state index in [1.807, 2.05) is 0 Å². The van der Waals surface area contributed by atoms with Gasteiger partial charge in [-0.2, -0.15) is 4.31 Å². The molecule has 0 bridgehead atoms. The van der Waals surface area contributed by atoms with Crippen LogP contribution in [0.4, 0.5) is 0 Å². The predicted molar refractivity (Wildman–Crippen MR) is 77.1 cm³/mol. The molecule has 0 unspecified atom stereocenters. The first-order chi connectivity index (χ1) is 9.86. The highest BCUT2D eigenvalue weighted by Gasteiger charge is 2.41. The minimum atomic E-state index is -3.42. The van der Waals surface area contributed by atoms with Gasteiger partial charge in [0.15, 0.2) is 5.79 Å². The van der Waals surface area contributed by atoms with Gasteiger partial charge < -0.3 is 14.4 Å². The molecule has 1 amide bonds. The van der Waals surface area contributed by atoms with Crippen LogP contribution in [0.15, 0.2) is 12.7 Å². The molecule has 1 spiro atoms. The molecule has 0 saturated carbocycles. The number of likely N-dealkylation sites (tertiary alicyclic amines) is 1. The van der Waals surface area contributed by atoms with Gasteiger partial charge in [0.25, 0.3) is 0 Å². The van der Waals surface area contributed by atoms with Crippen LogP contribution < -0.4 is 0 Å². The van der Waals surface area contributed by atoms with Gasteiger partial charge in [0, 0.05) is 32.5 Å². The van der Waals surface area contributed by atoms with Crippen molar-refractivity contribution in [2.75, 3.05) is 45.6 Å². The Labute approximate surface area is 125 Å². The van der Waals surface area contributed by atoms with E-state index in [0.29, 0.717) is 39.1 Å². The molecule has 2 heterocycles. The Hall–Kier alpha value is -0.960. The minimum absolute atomic E-state index is 0.134. The Kier molecular flexibility index (Phi) is 5.03. The quantitative estimate of drug-likeness (QED) is 0.656. The summed E-state index contributed by atoms with van der Waals surface area (Å²) in [5.74, 6) is -0.732. The first-order valence-corrected chi connectivity index (χ1v) is 8.83. The number of amides is 1. The summed E-state index contributed by atoms with van der Waals surface area (Å²) in [5.41, 5.74) is 0. The number of carbonyl (C=O) groups is 1. The van der Waals surface area contributed by atoms with Gasteiger partial charge in [0.2, 0.25) is 15.9 Å². The van der Waals surface area contributed by atoms with E-state index >= 15 is 0 Å². The lowest BCUT2D eigenvalue weighted by Gasteiger charge is -2.38. The van der Waals surface area contributed by atoms with Gasteiger partial charge in [-0.1, -0.05) is 6.08 Å². The van der Waals surface area contributed by atoms with Crippen molar-refractivity contribution in [1.82, 2.24) is 9.21 Å². The van der Waals surface area contributed by atoms with Crippen molar-refractivity contribution in [1.29, 1.82) is 0 Å². The first-order valence-electron chi connectivity index (χ1n) is 6.98. The third-order valence-corrected chi connectivity index (χ3v) is 5.02. The molecule has 0 aromatic rings. The van der Waals surface area contributed by atoms with Crippen LogP contribution >= 0.6 is 0 Å². The standard InChI is InChI=1S/C13H22N2O5S/c1-3-6-15(21(2,17)18)11-12(16)14-7-4-13(5-8-14)19-9-10-20-13/h3H,1,4-11H2,2H3. The molecule has 2 saturated heterocycles. The van der Waals surface area contributed by atoms with Crippen LogP contribution in [0.3, 0.4) is 0 Å². The van der Waals surface area contributed by atoms with E-state index in [2.05, 4.69) is 6.58 Å². The number of ether oxygens (including phenoxy) is 2. The fourth-order valence-electron chi connectivity index (χ4n) is 2.59. The number of carbonyl (C=O) groups excluding carboxylic acids is 1. The number of hydrogen-bond donors (Lipinski definition) is 0. The summed E-state index contributed by atoms with van der Waals surface area (Å²) in [6.07, 6.45) is 3.81. The average Bonchev–Trinajstić information content (AvgIpc) is 2.86. The monoisotopic (exact) mass is 318 g/mol. The zero-order valence-corrected chi connectivity index (χ0v) is 13.1. The molecule has 120 valence electrons. The van der Waals surface area contributed by atoms with Gasteiger partial charge in [-0.25, -0.2) is 8.42 Å². The molecule has 21 heavy (non-hydrogen) atoms. The van der Waals surface area contributed by atoms with Crippen LogP contribution in [0.1, 0.15) is 12.8 Å². The zero-order valence-electron chi connectivity index (χ0n) is 12.3. The van der Waals surface area contributed by atoms with Gasteiger partial charge in [-0.15, -0.1) is 6.58 Å². The molecule has 7 nitrogen and oxygen atoms in total. The second-order valence-corrected chi connectivity index (χ2v) is 7.32. The second kappa shape index (κ2) is 6.43. The van der Waals surface area contributed by atoms with Crippen molar-refractivity contribution in [2.45, 2.75) is 18.6 Å². The van der Waals surface area contributed by atoms with Crippen molar-refractivity contribution < 1.29 is 22.7 Å². The third-order valence-electron chi connectivity index (χ3n) is 3.80. The zero-order chi connectivity index (χ0) is 15.5. The van der Waals surface area contributed by atoms with E-state index in [1.54, 1.807) is 4.90 Å². The molecule has 2 fully saturated rings. The van der Waals surface area contributed by atoms with Crippen molar-refractivity contribution in [3.63, 3.8) is 0 Å².